The van der Waals surface area contributed by atoms with Crippen molar-refractivity contribution in [1.82, 2.24) is 15.1 Å². The highest BCUT2D eigenvalue weighted by molar-refractivity contribution is 5.80. The Kier molecular flexibility index (Phi) is 3.09. The van der Waals surface area contributed by atoms with Crippen molar-refractivity contribution in [1.29, 1.82) is 0 Å². The molecule has 0 unspecified atom stereocenters. The maximum absolute atomic E-state index is 5.52. The van der Waals surface area contributed by atoms with Gasteiger partial charge in [0.2, 0.25) is 0 Å². The van der Waals surface area contributed by atoms with Gasteiger partial charge in [0.15, 0.2) is 0 Å². The van der Waals surface area contributed by atoms with Crippen LogP contribution in [-0.2, 0) is 20.1 Å². The molecule has 4 heteroatoms. The molecule has 0 aliphatic rings. The molecule has 3 rings (SSSR count). The van der Waals surface area contributed by atoms with Crippen LogP contribution in [0.4, 0.5) is 0 Å². The first-order chi connectivity index (χ1) is 9.25. The predicted octanol–water partition coefficient (Wildman–Crippen LogP) is 2.76. The van der Waals surface area contributed by atoms with Gasteiger partial charge in [-0.05, 0) is 13.0 Å². The summed E-state index contributed by atoms with van der Waals surface area (Å²) < 4.78 is 7.42. The van der Waals surface area contributed by atoms with Crippen molar-refractivity contribution in [3.05, 3.63) is 53.5 Å². The average Bonchev–Trinajstić information content (AvgIpc) is 2.97. The fourth-order valence-corrected chi connectivity index (χ4v) is 2.22. The van der Waals surface area contributed by atoms with Gasteiger partial charge in [0.1, 0.15) is 5.58 Å². The maximum Gasteiger partial charge on any atom is 0.134 e. The molecule has 4 nitrogen and oxygen atoms in total. The van der Waals surface area contributed by atoms with Crippen LogP contribution in [0.1, 0.15) is 16.8 Å². The van der Waals surface area contributed by atoms with E-state index in [1.54, 1.807) is 0 Å². The summed E-state index contributed by atoms with van der Waals surface area (Å²) in [4.78, 5) is 0. The van der Waals surface area contributed by atoms with Crippen LogP contribution in [0.25, 0.3) is 11.0 Å². The summed E-state index contributed by atoms with van der Waals surface area (Å²) in [5, 5.41) is 8.86. The molecule has 2 aromatic heterocycles. The molecule has 0 saturated heterocycles. The van der Waals surface area contributed by atoms with E-state index in [-0.39, 0.29) is 0 Å². The predicted molar refractivity (Wildman–Crippen MR) is 74.7 cm³/mol. The van der Waals surface area contributed by atoms with Crippen molar-refractivity contribution < 1.29 is 4.42 Å². The summed E-state index contributed by atoms with van der Waals surface area (Å²) in [6.07, 6.45) is 3.74. The highest BCUT2D eigenvalue weighted by atomic mass is 16.3. The molecule has 0 spiro atoms. The minimum absolute atomic E-state index is 0.797. The molecule has 0 aliphatic carbocycles. The second-order valence-corrected chi connectivity index (χ2v) is 4.74. The number of aromatic nitrogens is 2. The zero-order chi connectivity index (χ0) is 13.2. The zero-order valence-electron chi connectivity index (χ0n) is 11.2. The summed E-state index contributed by atoms with van der Waals surface area (Å²) in [5.74, 6) is 0. The van der Waals surface area contributed by atoms with Crippen molar-refractivity contribution in [2.45, 2.75) is 20.0 Å². The van der Waals surface area contributed by atoms with Gasteiger partial charge in [-0.3, -0.25) is 4.68 Å². The van der Waals surface area contributed by atoms with Crippen molar-refractivity contribution >= 4 is 11.0 Å². The Bertz CT molecular complexity index is 696. The van der Waals surface area contributed by atoms with E-state index in [0.717, 1.165) is 18.7 Å². The molecular weight excluding hydrogens is 238 g/mol. The summed E-state index contributed by atoms with van der Waals surface area (Å²) in [6, 6.07) is 8.10. The Hall–Kier alpha value is -2.07. The number of fused-ring (bicyclic) bond motifs is 1. The first-order valence-corrected chi connectivity index (χ1v) is 6.39. The molecule has 0 aliphatic heterocycles. The van der Waals surface area contributed by atoms with E-state index in [1.165, 1.54) is 22.2 Å². The number of para-hydroxylation sites is 1. The van der Waals surface area contributed by atoms with Crippen LogP contribution in [0, 0.1) is 6.92 Å². The largest absolute Gasteiger partial charge is 0.464 e. The monoisotopic (exact) mass is 255 g/mol. The fourth-order valence-electron chi connectivity index (χ4n) is 2.22. The summed E-state index contributed by atoms with van der Waals surface area (Å²) in [5.41, 5.74) is 4.56. The van der Waals surface area contributed by atoms with Gasteiger partial charge >= 0.3 is 0 Å². The first-order valence-electron chi connectivity index (χ1n) is 6.39. The number of furan rings is 1. The number of rotatable bonds is 4. The van der Waals surface area contributed by atoms with Crippen LogP contribution in [-0.4, -0.2) is 9.78 Å². The number of aryl methyl sites for hydroxylation is 1. The molecule has 0 atom stereocenters. The number of hydrogen-bond donors (Lipinski definition) is 1. The average molecular weight is 255 g/mol. The lowest BCUT2D eigenvalue weighted by atomic mass is 10.2. The second kappa shape index (κ2) is 4.90. The molecule has 1 N–H and O–H groups in total. The van der Waals surface area contributed by atoms with Crippen LogP contribution < -0.4 is 5.32 Å². The standard InChI is InChI=1S/C15H17N3O/c1-11-12(9-17-18(11)2)7-16-8-13-10-19-15-6-4-3-5-14(13)15/h3-6,9-10,16H,7-8H2,1-2H3. The third kappa shape index (κ3) is 2.27. The maximum atomic E-state index is 5.52. The van der Waals surface area contributed by atoms with Crippen LogP contribution in [0.5, 0.6) is 0 Å². The zero-order valence-corrected chi connectivity index (χ0v) is 11.2. The van der Waals surface area contributed by atoms with Crippen molar-refractivity contribution in [2.75, 3.05) is 0 Å². The third-order valence-corrected chi connectivity index (χ3v) is 3.53. The summed E-state index contributed by atoms with van der Waals surface area (Å²) in [7, 11) is 1.96. The van der Waals surface area contributed by atoms with Gasteiger partial charge in [0.05, 0.1) is 12.5 Å². The van der Waals surface area contributed by atoms with Crippen molar-refractivity contribution in [3.63, 3.8) is 0 Å². The molecule has 0 saturated carbocycles. The first kappa shape index (κ1) is 12.0. The number of nitrogens with zero attached hydrogens (tertiary/aromatic N) is 2. The Morgan fingerprint density at radius 3 is 2.79 bits per heavy atom. The molecule has 0 bridgehead atoms. The van der Waals surface area contributed by atoms with Crippen molar-refractivity contribution in [2.24, 2.45) is 7.05 Å². The molecule has 98 valence electrons. The van der Waals surface area contributed by atoms with Gasteiger partial charge in [-0.25, -0.2) is 0 Å². The van der Waals surface area contributed by atoms with E-state index in [2.05, 4.69) is 23.4 Å². The van der Waals surface area contributed by atoms with Gasteiger partial charge in [0.25, 0.3) is 0 Å². The summed E-state index contributed by atoms with van der Waals surface area (Å²) in [6.45, 7) is 3.70. The molecule has 0 amide bonds. The highest BCUT2D eigenvalue weighted by Gasteiger charge is 2.06. The number of benzene rings is 1. The fraction of sp³-hybridized carbons (Fsp3) is 0.267. The van der Waals surface area contributed by atoms with Gasteiger partial charge in [-0.2, -0.15) is 5.10 Å². The molecule has 19 heavy (non-hydrogen) atoms. The van der Waals surface area contributed by atoms with Gasteiger partial charge in [-0.15, -0.1) is 0 Å². The lowest BCUT2D eigenvalue weighted by Gasteiger charge is -2.03. The van der Waals surface area contributed by atoms with E-state index in [1.807, 2.05) is 42.4 Å². The molecule has 0 fully saturated rings. The highest BCUT2D eigenvalue weighted by Crippen LogP contribution is 2.20. The number of hydrogen-bond acceptors (Lipinski definition) is 3. The molecule has 0 radical (unpaired) electrons. The van der Waals surface area contributed by atoms with Crippen LogP contribution in [0.15, 0.2) is 41.1 Å². The lowest BCUT2D eigenvalue weighted by Crippen LogP contribution is -2.12. The van der Waals surface area contributed by atoms with Crippen LogP contribution in [0.3, 0.4) is 0 Å². The molecule has 1 aromatic carbocycles. The van der Waals surface area contributed by atoms with Crippen LogP contribution >= 0.6 is 0 Å². The minimum Gasteiger partial charge on any atom is -0.464 e. The molecular formula is C15H17N3O. The van der Waals surface area contributed by atoms with E-state index >= 15 is 0 Å². The Morgan fingerprint density at radius 1 is 1.21 bits per heavy atom. The SMILES string of the molecule is Cc1c(CNCc2coc3ccccc23)cnn1C. The minimum atomic E-state index is 0.797. The Balaban J connectivity index is 1.68. The quantitative estimate of drug-likeness (QED) is 0.779. The Morgan fingerprint density at radius 2 is 2.00 bits per heavy atom. The molecule has 2 heterocycles. The van der Waals surface area contributed by atoms with E-state index in [0.29, 0.717) is 0 Å². The second-order valence-electron chi connectivity index (χ2n) is 4.74. The topological polar surface area (TPSA) is 43.0 Å². The van der Waals surface area contributed by atoms with Gasteiger partial charge < -0.3 is 9.73 Å². The van der Waals surface area contributed by atoms with Crippen LogP contribution in [0.2, 0.25) is 0 Å². The number of nitrogens with one attached hydrogen (secondary N) is 1. The molecule has 3 aromatic rings. The lowest BCUT2D eigenvalue weighted by molar-refractivity contribution is 0.601. The van der Waals surface area contributed by atoms with Crippen molar-refractivity contribution in [3.8, 4) is 0 Å². The van der Waals surface area contributed by atoms with E-state index in [9.17, 15) is 0 Å². The normalized spacial score (nSPS) is 11.3. The third-order valence-electron chi connectivity index (χ3n) is 3.53. The van der Waals surface area contributed by atoms with Gasteiger partial charge in [-0.1, -0.05) is 18.2 Å². The summed E-state index contributed by atoms with van der Waals surface area (Å²) >= 11 is 0. The van der Waals surface area contributed by atoms with Gasteiger partial charge in [0, 0.05) is 42.3 Å². The van der Waals surface area contributed by atoms with E-state index < -0.39 is 0 Å². The smallest absolute Gasteiger partial charge is 0.134 e. The van der Waals surface area contributed by atoms with E-state index in [4.69, 9.17) is 4.42 Å². The Labute approximate surface area is 112 Å².